The van der Waals surface area contributed by atoms with Gasteiger partial charge in [0.25, 0.3) is 0 Å². The summed E-state index contributed by atoms with van der Waals surface area (Å²) < 4.78 is 11.7. The maximum Gasteiger partial charge on any atom is 0.341 e. The topological polar surface area (TPSA) is 74.3 Å². The first-order valence-corrected chi connectivity index (χ1v) is 6.75. The second kappa shape index (κ2) is 6.39. The van der Waals surface area contributed by atoms with Gasteiger partial charge in [0.2, 0.25) is 0 Å². The molecule has 2 rings (SSSR count). The first-order chi connectivity index (χ1) is 10.0. The number of esters is 1. The molecule has 0 saturated heterocycles. The Kier molecular flexibility index (Phi) is 4.57. The molecule has 2 aromatic rings. The van der Waals surface area contributed by atoms with Crippen LogP contribution in [0.5, 0.6) is 0 Å². The van der Waals surface area contributed by atoms with Crippen molar-refractivity contribution in [2.45, 2.75) is 26.8 Å². The summed E-state index contributed by atoms with van der Waals surface area (Å²) in [6, 6.07) is 1.52. The molecule has 0 N–H and O–H groups in total. The minimum absolute atomic E-state index is 0.293. The number of hydrogen-bond donors (Lipinski definition) is 0. The van der Waals surface area contributed by atoms with E-state index in [4.69, 9.17) is 4.42 Å². The molecule has 0 aliphatic rings. The number of ether oxygens (including phenoxy) is 1. The van der Waals surface area contributed by atoms with Gasteiger partial charge in [0.05, 0.1) is 18.2 Å². The zero-order valence-corrected chi connectivity index (χ0v) is 12.3. The third kappa shape index (κ3) is 3.39. The minimum Gasteiger partial charge on any atom is -0.465 e. The van der Waals surface area contributed by atoms with Gasteiger partial charge in [-0.15, -0.1) is 0 Å². The molecule has 0 radical (unpaired) electrons. The fourth-order valence-electron chi connectivity index (χ4n) is 1.90. The molecule has 112 valence electrons. The number of rotatable bonds is 6. The third-order valence-electron chi connectivity index (χ3n) is 3.11. The molecule has 2 aromatic heterocycles. The van der Waals surface area contributed by atoms with Gasteiger partial charge in [-0.3, -0.25) is 9.48 Å². The number of aryl methyl sites for hydroxylation is 1. The fourth-order valence-corrected chi connectivity index (χ4v) is 1.90. The van der Waals surface area contributed by atoms with Gasteiger partial charge < -0.3 is 9.15 Å². The monoisotopic (exact) mass is 290 g/mol. The van der Waals surface area contributed by atoms with Crippen molar-refractivity contribution in [3.8, 4) is 11.5 Å². The van der Waals surface area contributed by atoms with Crippen molar-refractivity contribution in [3.63, 3.8) is 0 Å². The third-order valence-corrected chi connectivity index (χ3v) is 3.11. The summed E-state index contributed by atoms with van der Waals surface area (Å²) in [5.41, 5.74) is 1.16. The number of carbonyl (C=O) groups excluding carboxylic acids is 2. The molecule has 6 nitrogen and oxygen atoms in total. The summed E-state index contributed by atoms with van der Waals surface area (Å²) >= 11 is 0. The molecule has 0 aliphatic heterocycles. The first kappa shape index (κ1) is 15.0. The van der Waals surface area contributed by atoms with Gasteiger partial charge in [0, 0.05) is 18.8 Å². The average Bonchev–Trinajstić information content (AvgIpc) is 3.10. The highest BCUT2D eigenvalue weighted by atomic mass is 16.5. The molecule has 0 aliphatic carbocycles. The Morgan fingerprint density at radius 3 is 2.90 bits per heavy atom. The van der Waals surface area contributed by atoms with Crippen molar-refractivity contribution in [2.24, 2.45) is 5.92 Å². The summed E-state index contributed by atoms with van der Waals surface area (Å²) in [4.78, 5) is 22.6. The highest BCUT2D eigenvalue weighted by Gasteiger charge is 2.17. The molecule has 0 amide bonds. The van der Waals surface area contributed by atoms with E-state index in [0.29, 0.717) is 28.5 Å². The van der Waals surface area contributed by atoms with E-state index in [2.05, 4.69) is 23.7 Å². The number of furan rings is 1. The second-order valence-electron chi connectivity index (χ2n) is 5.19. The zero-order valence-electron chi connectivity index (χ0n) is 12.3. The number of nitrogens with zero attached hydrogens (tertiary/aromatic N) is 2. The highest BCUT2D eigenvalue weighted by molar-refractivity contribution is 5.91. The van der Waals surface area contributed by atoms with Gasteiger partial charge in [0.1, 0.15) is 12.0 Å². The second-order valence-corrected chi connectivity index (χ2v) is 5.19. The molecule has 0 spiro atoms. The van der Waals surface area contributed by atoms with Crippen molar-refractivity contribution in [2.75, 3.05) is 7.11 Å². The molecule has 0 saturated carbocycles. The Morgan fingerprint density at radius 1 is 1.52 bits per heavy atom. The maximum atomic E-state index is 11.4. The molecular weight excluding hydrogens is 272 g/mol. The fraction of sp³-hybridized carbons (Fsp3) is 0.400. The largest absolute Gasteiger partial charge is 0.465 e. The predicted octanol–water partition coefficient (Wildman–Crippen LogP) is 2.79. The molecule has 2 heterocycles. The quantitative estimate of drug-likeness (QED) is 0.604. The van der Waals surface area contributed by atoms with Gasteiger partial charge in [-0.05, 0) is 12.3 Å². The summed E-state index contributed by atoms with van der Waals surface area (Å²) in [5, 5.41) is 4.36. The van der Waals surface area contributed by atoms with Crippen LogP contribution in [-0.4, -0.2) is 29.1 Å². The van der Waals surface area contributed by atoms with E-state index < -0.39 is 5.97 Å². The zero-order chi connectivity index (χ0) is 15.4. The van der Waals surface area contributed by atoms with Crippen LogP contribution in [0.15, 0.2) is 22.9 Å². The Labute approximate surface area is 122 Å². The van der Waals surface area contributed by atoms with E-state index in [0.717, 1.165) is 19.3 Å². The highest BCUT2D eigenvalue weighted by Crippen LogP contribution is 2.24. The van der Waals surface area contributed by atoms with E-state index in [1.54, 1.807) is 10.9 Å². The van der Waals surface area contributed by atoms with Crippen LogP contribution in [0.1, 0.15) is 41.0 Å². The lowest BCUT2D eigenvalue weighted by molar-refractivity contribution is 0.0600. The Hall–Kier alpha value is -2.37. The molecule has 0 aromatic carbocycles. The lowest BCUT2D eigenvalue weighted by atomic mass is 10.1. The Balaban J connectivity index is 2.28. The maximum absolute atomic E-state index is 11.4. The Bertz CT molecular complexity index is 640. The van der Waals surface area contributed by atoms with E-state index in [-0.39, 0.29) is 0 Å². The van der Waals surface area contributed by atoms with Crippen LogP contribution >= 0.6 is 0 Å². The molecule has 0 unspecified atom stereocenters. The molecule has 0 fully saturated rings. The van der Waals surface area contributed by atoms with Crippen LogP contribution in [0.2, 0.25) is 0 Å². The molecule has 21 heavy (non-hydrogen) atoms. The normalized spacial score (nSPS) is 10.9. The van der Waals surface area contributed by atoms with E-state index in [9.17, 15) is 9.59 Å². The van der Waals surface area contributed by atoms with Crippen LogP contribution in [0.4, 0.5) is 0 Å². The van der Waals surface area contributed by atoms with Crippen molar-refractivity contribution in [3.05, 3.63) is 29.7 Å². The van der Waals surface area contributed by atoms with Crippen LogP contribution < -0.4 is 0 Å². The van der Waals surface area contributed by atoms with Gasteiger partial charge >= 0.3 is 5.97 Å². The van der Waals surface area contributed by atoms with Crippen LogP contribution in [0.25, 0.3) is 11.5 Å². The number of methoxy groups -OCH3 is 1. The minimum atomic E-state index is -0.489. The SMILES string of the molecule is COC(=O)c1coc(-c2nn(CCC(C)C)cc2C=O)c1. The van der Waals surface area contributed by atoms with Crippen LogP contribution in [0, 0.1) is 5.92 Å². The summed E-state index contributed by atoms with van der Waals surface area (Å²) in [7, 11) is 1.30. The predicted molar refractivity (Wildman–Crippen MR) is 76.1 cm³/mol. The van der Waals surface area contributed by atoms with Crippen molar-refractivity contribution in [1.82, 2.24) is 9.78 Å². The van der Waals surface area contributed by atoms with Crippen LogP contribution in [0.3, 0.4) is 0 Å². The van der Waals surface area contributed by atoms with Crippen molar-refractivity contribution < 1.29 is 18.7 Å². The number of carbonyl (C=O) groups is 2. The summed E-state index contributed by atoms with van der Waals surface area (Å²) in [5.74, 6) is 0.435. The van der Waals surface area contributed by atoms with E-state index in [1.165, 1.54) is 19.4 Å². The van der Waals surface area contributed by atoms with Crippen molar-refractivity contribution >= 4 is 12.3 Å². The molecule has 0 bridgehead atoms. The molecular formula is C15H18N2O4. The average molecular weight is 290 g/mol. The number of aromatic nitrogens is 2. The number of hydrogen-bond acceptors (Lipinski definition) is 5. The summed E-state index contributed by atoms with van der Waals surface area (Å²) in [6.07, 6.45) is 4.67. The van der Waals surface area contributed by atoms with Gasteiger partial charge in [0.15, 0.2) is 12.0 Å². The van der Waals surface area contributed by atoms with Crippen LogP contribution in [-0.2, 0) is 11.3 Å². The summed E-state index contributed by atoms with van der Waals surface area (Å²) in [6.45, 7) is 4.98. The lowest BCUT2D eigenvalue weighted by Gasteiger charge is -2.03. The van der Waals surface area contributed by atoms with Gasteiger partial charge in [-0.2, -0.15) is 5.10 Å². The van der Waals surface area contributed by atoms with Crippen molar-refractivity contribution in [1.29, 1.82) is 0 Å². The lowest BCUT2D eigenvalue weighted by Crippen LogP contribution is -2.02. The standard InChI is InChI=1S/C15H18N2O4/c1-10(2)4-5-17-7-12(8-18)14(16-17)13-6-11(9-21-13)15(19)20-3/h6-10H,4-5H2,1-3H3. The number of aldehydes is 1. The Morgan fingerprint density at radius 2 is 2.29 bits per heavy atom. The van der Waals surface area contributed by atoms with E-state index >= 15 is 0 Å². The van der Waals surface area contributed by atoms with E-state index in [1.807, 2.05) is 0 Å². The smallest absolute Gasteiger partial charge is 0.341 e. The van der Waals surface area contributed by atoms with Gasteiger partial charge in [-0.25, -0.2) is 4.79 Å². The first-order valence-electron chi connectivity index (χ1n) is 6.75. The molecule has 6 heteroatoms. The molecule has 0 atom stereocenters. The van der Waals surface area contributed by atoms with Gasteiger partial charge in [-0.1, -0.05) is 13.8 Å².